The van der Waals surface area contributed by atoms with Gasteiger partial charge in [-0.15, -0.1) is 11.3 Å². The summed E-state index contributed by atoms with van der Waals surface area (Å²) in [6.07, 6.45) is 4.07. The maximum absolute atomic E-state index is 11.9. The molecule has 1 N–H and O–H groups in total. The average molecular weight is 312 g/mol. The summed E-state index contributed by atoms with van der Waals surface area (Å²) in [6, 6.07) is 10.1. The Morgan fingerprint density at radius 2 is 2.14 bits per heavy atom. The number of amides is 1. The van der Waals surface area contributed by atoms with Gasteiger partial charge in [-0.1, -0.05) is 30.3 Å². The molecule has 0 fully saturated rings. The van der Waals surface area contributed by atoms with E-state index in [1.165, 1.54) is 0 Å². The fraction of sp³-hybridized carbons (Fsp3) is 0.188. The van der Waals surface area contributed by atoms with Gasteiger partial charge in [0.1, 0.15) is 5.01 Å². The first-order valence-electron chi connectivity index (χ1n) is 6.99. The number of aryl methyl sites for hydroxylation is 1. The second kappa shape index (κ2) is 6.53. The minimum atomic E-state index is -0.161. The molecule has 3 aromatic rings. The highest BCUT2D eigenvalue weighted by Gasteiger charge is 2.10. The molecule has 112 valence electrons. The zero-order valence-corrected chi connectivity index (χ0v) is 13.0. The van der Waals surface area contributed by atoms with Gasteiger partial charge in [-0.25, -0.2) is 9.97 Å². The van der Waals surface area contributed by atoms with Gasteiger partial charge in [-0.2, -0.15) is 0 Å². The molecule has 2 aromatic heterocycles. The van der Waals surface area contributed by atoms with E-state index in [0.717, 1.165) is 16.3 Å². The first-order valence-corrected chi connectivity index (χ1v) is 7.87. The molecule has 0 aliphatic rings. The fourth-order valence-corrected chi connectivity index (χ4v) is 2.96. The number of benzene rings is 1. The van der Waals surface area contributed by atoms with Gasteiger partial charge < -0.3 is 9.88 Å². The Morgan fingerprint density at radius 3 is 2.86 bits per heavy atom. The fourth-order valence-electron chi connectivity index (χ4n) is 2.10. The Bertz CT molecular complexity index is 763. The molecule has 0 saturated carbocycles. The van der Waals surface area contributed by atoms with Gasteiger partial charge >= 0.3 is 0 Å². The van der Waals surface area contributed by atoms with Gasteiger partial charge in [0.25, 0.3) is 5.91 Å². The Labute approximate surface area is 132 Å². The van der Waals surface area contributed by atoms with Crippen molar-refractivity contribution < 1.29 is 4.79 Å². The summed E-state index contributed by atoms with van der Waals surface area (Å²) in [7, 11) is 1.80. The number of imidazole rings is 1. The van der Waals surface area contributed by atoms with Crippen molar-refractivity contribution in [2.45, 2.75) is 6.42 Å². The number of hydrogen-bond donors (Lipinski definition) is 1. The molecule has 0 spiro atoms. The lowest BCUT2D eigenvalue weighted by molar-refractivity contribution is 0.0940. The number of rotatable bonds is 5. The highest BCUT2D eigenvalue weighted by molar-refractivity contribution is 7.13. The van der Waals surface area contributed by atoms with Crippen molar-refractivity contribution in [2.24, 2.45) is 7.05 Å². The Hall–Kier alpha value is -2.47. The summed E-state index contributed by atoms with van der Waals surface area (Å²) in [5, 5.41) is 5.91. The predicted molar refractivity (Wildman–Crippen MR) is 86.8 cm³/mol. The van der Waals surface area contributed by atoms with Gasteiger partial charge in [0.15, 0.2) is 5.82 Å². The summed E-state index contributed by atoms with van der Waals surface area (Å²) in [5.41, 5.74) is 2.11. The van der Waals surface area contributed by atoms with Crippen molar-refractivity contribution in [3.8, 4) is 10.6 Å². The zero-order valence-electron chi connectivity index (χ0n) is 12.2. The number of nitrogens with zero attached hydrogens (tertiary/aromatic N) is 3. The Kier molecular flexibility index (Phi) is 4.29. The van der Waals surface area contributed by atoms with E-state index in [0.29, 0.717) is 18.8 Å². The smallest absolute Gasteiger partial charge is 0.287 e. The number of aromatic nitrogens is 3. The van der Waals surface area contributed by atoms with E-state index in [4.69, 9.17) is 0 Å². The third-order valence-corrected chi connectivity index (χ3v) is 4.20. The summed E-state index contributed by atoms with van der Waals surface area (Å²) in [6.45, 7) is 0.545. The van der Waals surface area contributed by atoms with Crippen molar-refractivity contribution in [1.29, 1.82) is 0 Å². The number of carbonyl (C=O) groups excluding carboxylic acids is 1. The molecule has 0 saturated heterocycles. The molecule has 0 atom stereocenters. The lowest BCUT2D eigenvalue weighted by Crippen LogP contribution is -2.28. The molecule has 0 bridgehead atoms. The van der Waals surface area contributed by atoms with Crippen LogP contribution in [0.1, 0.15) is 16.3 Å². The molecule has 1 aromatic carbocycles. The number of carbonyl (C=O) groups is 1. The second-order valence-corrected chi connectivity index (χ2v) is 5.74. The zero-order chi connectivity index (χ0) is 15.4. The lowest BCUT2D eigenvalue weighted by Gasteiger charge is -2.03. The van der Waals surface area contributed by atoms with Crippen molar-refractivity contribution in [3.63, 3.8) is 0 Å². The Morgan fingerprint density at radius 1 is 1.32 bits per heavy atom. The van der Waals surface area contributed by atoms with Gasteiger partial charge in [0, 0.05) is 43.4 Å². The maximum Gasteiger partial charge on any atom is 0.287 e. The van der Waals surface area contributed by atoms with Crippen molar-refractivity contribution >= 4 is 17.2 Å². The number of hydrogen-bond acceptors (Lipinski definition) is 4. The van der Waals surface area contributed by atoms with Gasteiger partial charge in [-0.05, 0) is 0 Å². The van der Waals surface area contributed by atoms with Crippen LogP contribution in [0.3, 0.4) is 0 Å². The van der Waals surface area contributed by atoms with E-state index in [1.807, 2.05) is 35.7 Å². The molecule has 1 amide bonds. The SMILES string of the molecule is Cn1ccnc1C(=O)NCCc1csc(-c2ccccc2)n1. The summed E-state index contributed by atoms with van der Waals surface area (Å²) < 4.78 is 1.70. The van der Waals surface area contributed by atoms with Gasteiger partial charge in [0.05, 0.1) is 5.69 Å². The van der Waals surface area contributed by atoms with E-state index >= 15 is 0 Å². The van der Waals surface area contributed by atoms with Crippen molar-refractivity contribution in [2.75, 3.05) is 6.54 Å². The van der Waals surface area contributed by atoms with Gasteiger partial charge in [-0.3, -0.25) is 4.79 Å². The standard InChI is InChI=1S/C16H16N4OS/c1-20-10-9-17-14(20)15(21)18-8-7-13-11-22-16(19-13)12-5-3-2-4-6-12/h2-6,9-11H,7-8H2,1H3,(H,18,21). The van der Waals surface area contributed by atoms with Crippen LogP contribution in [0.25, 0.3) is 10.6 Å². The van der Waals surface area contributed by atoms with E-state index in [2.05, 4.69) is 15.3 Å². The van der Waals surface area contributed by atoms with Crippen LogP contribution >= 0.6 is 11.3 Å². The molecule has 0 unspecified atom stereocenters. The highest BCUT2D eigenvalue weighted by Crippen LogP contribution is 2.23. The number of thiazole rings is 1. The van der Waals surface area contributed by atoms with Crippen LogP contribution in [-0.2, 0) is 13.5 Å². The van der Waals surface area contributed by atoms with E-state index in [9.17, 15) is 4.79 Å². The summed E-state index contributed by atoms with van der Waals surface area (Å²) >= 11 is 1.62. The molecule has 5 nitrogen and oxygen atoms in total. The molecular formula is C16H16N4OS. The van der Waals surface area contributed by atoms with Crippen molar-refractivity contribution in [3.05, 3.63) is 59.6 Å². The minimum Gasteiger partial charge on any atom is -0.349 e. The summed E-state index contributed by atoms with van der Waals surface area (Å²) in [5.74, 6) is 0.259. The quantitative estimate of drug-likeness (QED) is 0.787. The molecule has 0 aliphatic carbocycles. The van der Waals surface area contributed by atoms with E-state index in [-0.39, 0.29) is 5.91 Å². The molecule has 2 heterocycles. The summed E-state index contributed by atoms with van der Waals surface area (Å²) in [4.78, 5) is 20.6. The predicted octanol–water partition coefficient (Wildman–Crippen LogP) is 2.52. The molecule has 0 radical (unpaired) electrons. The van der Waals surface area contributed by atoms with Crippen LogP contribution in [-0.4, -0.2) is 27.0 Å². The second-order valence-electron chi connectivity index (χ2n) is 4.88. The third-order valence-electron chi connectivity index (χ3n) is 3.26. The average Bonchev–Trinajstić information content (AvgIpc) is 3.17. The lowest BCUT2D eigenvalue weighted by atomic mass is 10.2. The first kappa shape index (κ1) is 14.5. The maximum atomic E-state index is 11.9. The molecule has 22 heavy (non-hydrogen) atoms. The topological polar surface area (TPSA) is 59.8 Å². The van der Waals surface area contributed by atoms with E-state index < -0.39 is 0 Å². The highest BCUT2D eigenvalue weighted by atomic mass is 32.1. The first-order chi connectivity index (χ1) is 10.7. The Balaban J connectivity index is 1.56. The number of nitrogens with one attached hydrogen (secondary N) is 1. The van der Waals surface area contributed by atoms with Crippen LogP contribution in [0.2, 0.25) is 0 Å². The molecule has 0 aliphatic heterocycles. The van der Waals surface area contributed by atoms with Crippen LogP contribution < -0.4 is 5.32 Å². The monoisotopic (exact) mass is 312 g/mol. The normalized spacial score (nSPS) is 10.6. The minimum absolute atomic E-state index is 0.161. The van der Waals surface area contributed by atoms with Crippen molar-refractivity contribution in [1.82, 2.24) is 19.9 Å². The molecule has 3 rings (SSSR count). The van der Waals surface area contributed by atoms with E-state index in [1.54, 1.807) is 35.3 Å². The van der Waals surface area contributed by atoms with Crippen LogP contribution in [0.15, 0.2) is 48.1 Å². The van der Waals surface area contributed by atoms with Crippen LogP contribution in [0.5, 0.6) is 0 Å². The van der Waals surface area contributed by atoms with Gasteiger partial charge in [0.2, 0.25) is 0 Å². The molecule has 6 heteroatoms. The van der Waals surface area contributed by atoms with Crippen LogP contribution in [0.4, 0.5) is 0 Å². The third kappa shape index (κ3) is 3.23. The molecular weight excluding hydrogens is 296 g/mol. The van der Waals surface area contributed by atoms with Crippen LogP contribution in [0, 0.1) is 0 Å². The largest absolute Gasteiger partial charge is 0.349 e.